The maximum atomic E-state index is 12.7. The lowest BCUT2D eigenvalue weighted by Crippen LogP contribution is -2.32. The van der Waals surface area contributed by atoms with E-state index in [0.29, 0.717) is 11.7 Å². The lowest BCUT2D eigenvalue weighted by molar-refractivity contribution is 0.0900. The molecule has 2 aromatic heterocycles. The number of furan rings is 1. The van der Waals surface area contributed by atoms with Gasteiger partial charge in [-0.1, -0.05) is 19.9 Å². The van der Waals surface area contributed by atoms with Crippen molar-refractivity contribution in [2.75, 3.05) is 27.3 Å². The molecule has 4 rings (SSSR count). The Kier molecular flexibility index (Phi) is 7.52. The van der Waals surface area contributed by atoms with Gasteiger partial charge in [-0.2, -0.15) is 0 Å². The fourth-order valence-electron chi connectivity index (χ4n) is 4.38. The maximum absolute atomic E-state index is 12.7. The zero-order valence-corrected chi connectivity index (χ0v) is 20.3. The summed E-state index contributed by atoms with van der Waals surface area (Å²) in [5.41, 5.74) is 1.17. The van der Waals surface area contributed by atoms with E-state index in [1.807, 2.05) is 12.1 Å². The van der Waals surface area contributed by atoms with Gasteiger partial charge in [-0.05, 0) is 42.2 Å². The highest BCUT2D eigenvalue weighted by molar-refractivity contribution is 5.91. The van der Waals surface area contributed by atoms with Gasteiger partial charge in [0, 0.05) is 32.6 Å². The van der Waals surface area contributed by atoms with Crippen LogP contribution in [-0.4, -0.2) is 52.9 Å². The van der Waals surface area contributed by atoms with E-state index in [9.17, 15) is 4.79 Å². The standard InChI is InChI=1S/C25H33N5O4/c1-17(2)14-19(26-25(31)21-6-5-13-34-21)24-28-27-23-9-10-29(11-12-30(23)24)16-18-7-8-20(32-3)22(15-18)33-4/h5-8,13,15,17,19H,9-12,14,16H2,1-4H3,(H,26,31)/t19-/m0/s1. The molecule has 0 spiro atoms. The third kappa shape index (κ3) is 5.41. The molecule has 3 aromatic rings. The summed E-state index contributed by atoms with van der Waals surface area (Å²) in [6.45, 7) is 7.56. The Labute approximate surface area is 200 Å². The molecule has 0 saturated heterocycles. The predicted molar refractivity (Wildman–Crippen MR) is 127 cm³/mol. The fraction of sp³-hybridized carbons (Fsp3) is 0.480. The molecule has 1 aliphatic rings. The van der Waals surface area contributed by atoms with Crippen LogP contribution < -0.4 is 14.8 Å². The number of rotatable bonds is 9. The molecule has 9 nitrogen and oxygen atoms in total. The van der Waals surface area contributed by atoms with Crippen molar-refractivity contribution in [2.45, 2.75) is 45.8 Å². The van der Waals surface area contributed by atoms with Crippen molar-refractivity contribution in [3.63, 3.8) is 0 Å². The summed E-state index contributed by atoms with van der Waals surface area (Å²) in [5.74, 6) is 3.65. The molecule has 9 heteroatoms. The third-order valence-corrected chi connectivity index (χ3v) is 6.07. The van der Waals surface area contributed by atoms with Crippen molar-refractivity contribution in [3.05, 3.63) is 59.6 Å². The van der Waals surface area contributed by atoms with Crippen LogP contribution in [0.15, 0.2) is 41.0 Å². The molecule has 34 heavy (non-hydrogen) atoms. The van der Waals surface area contributed by atoms with Crippen LogP contribution in [0.25, 0.3) is 0 Å². The molecule has 0 fully saturated rings. The smallest absolute Gasteiger partial charge is 0.287 e. The number of methoxy groups -OCH3 is 2. The Balaban J connectivity index is 1.48. The summed E-state index contributed by atoms with van der Waals surface area (Å²) >= 11 is 0. The maximum Gasteiger partial charge on any atom is 0.287 e. The van der Waals surface area contributed by atoms with Crippen LogP contribution in [0.4, 0.5) is 0 Å². The summed E-state index contributed by atoms with van der Waals surface area (Å²) in [7, 11) is 3.29. The van der Waals surface area contributed by atoms with Gasteiger partial charge in [0.15, 0.2) is 23.1 Å². The first-order valence-electron chi connectivity index (χ1n) is 11.7. The van der Waals surface area contributed by atoms with Crippen molar-refractivity contribution in [2.24, 2.45) is 5.92 Å². The monoisotopic (exact) mass is 467 g/mol. The Morgan fingerprint density at radius 1 is 1.12 bits per heavy atom. The fourth-order valence-corrected chi connectivity index (χ4v) is 4.38. The van der Waals surface area contributed by atoms with Crippen molar-refractivity contribution in [3.8, 4) is 11.5 Å². The van der Waals surface area contributed by atoms with Crippen LogP contribution in [0.5, 0.6) is 11.5 Å². The van der Waals surface area contributed by atoms with E-state index in [-0.39, 0.29) is 11.9 Å². The minimum absolute atomic E-state index is 0.239. The van der Waals surface area contributed by atoms with Crippen LogP contribution in [0.1, 0.15) is 54.1 Å². The van der Waals surface area contributed by atoms with Crippen LogP contribution >= 0.6 is 0 Å². The first-order valence-corrected chi connectivity index (χ1v) is 11.7. The van der Waals surface area contributed by atoms with Crippen LogP contribution in [0, 0.1) is 5.92 Å². The number of nitrogens with zero attached hydrogens (tertiary/aromatic N) is 4. The number of ether oxygens (including phenoxy) is 2. The molecule has 0 unspecified atom stereocenters. The Morgan fingerprint density at radius 2 is 1.94 bits per heavy atom. The minimum atomic E-state index is -0.240. The van der Waals surface area contributed by atoms with Crippen molar-refractivity contribution >= 4 is 5.91 Å². The Hall–Kier alpha value is -3.33. The van der Waals surface area contributed by atoms with Gasteiger partial charge in [-0.25, -0.2) is 0 Å². The van der Waals surface area contributed by atoms with Gasteiger partial charge in [0.05, 0.1) is 26.5 Å². The van der Waals surface area contributed by atoms with E-state index in [1.54, 1.807) is 26.4 Å². The lowest BCUT2D eigenvalue weighted by Gasteiger charge is -2.22. The quantitative estimate of drug-likeness (QED) is 0.515. The highest BCUT2D eigenvalue weighted by atomic mass is 16.5. The minimum Gasteiger partial charge on any atom is -0.493 e. The van der Waals surface area contributed by atoms with E-state index in [2.05, 4.69) is 44.9 Å². The number of fused-ring (bicyclic) bond motifs is 1. The largest absolute Gasteiger partial charge is 0.493 e. The second kappa shape index (κ2) is 10.7. The Morgan fingerprint density at radius 3 is 2.65 bits per heavy atom. The van der Waals surface area contributed by atoms with Gasteiger partial charge >= 0.3 is 0 Å². The highest BCUT2D eigenvalue weighted by Gasteiger charge is 2.27. The number of benzene rings is 1. The lowest BCUT2D eigenvalue weighted by atomic mass is 10.0. The van der Waals surface area contributed by atoms with Crippen LogP contribution in [0.2, 0.25) is 0 Å². The first kappa shape index (κ1) is 23.8. The second-order valence-electron chi connectivity index (χ2n) is 8.97. The van der Waals surface area contributed by atoms with E-state index < -0.39 is 0 Å². The second-order valence-corrected chi connectivity index (χ2v) is 8.97. The molecule has 0 radical (unpaired) electrons. The number of carbonyl (C=O) groups is 1. The van der Waals surface area contributed by atoms with E-state index in [1.165, 1.54) is 11.8 Å². The summed E-state index contributed by atoms with van der Waals surface area (Å²) in [6, 6.07) is 9.17. The van der Waals surface area contributed by atoms with Gasteiger partial charge in [-0.3, -0.25) is 9.69 Å². The van der Waals surface area contributed by atoms with Crippen molar-refractivity contribution in [1.29, 1.82) is 0 Å². The molecule has 0 saturated carbocycles. The normalized spacial score (nSPS) is 15.0. The molecule has 1 aliphatic heterocycles. The number of nitrogens with one attached hydrogen (secondary N) is 1. The zero-order valence-electron chi connectivity index (χ0n) is 20.3. The van der Waals surface area contributed by atoms with Crippen molar-refractivity contribution in [1.82, 2.24) is 25.0 Å². The van der Waals surface area contributed by atoms with E-state index in [0.717, 1.165) is 62.2 Å². The molecular formula is C25H33N5O4. The molecule has 1 aromatic carbocycles. The van der Waals surface area contributed by atoms with E-state index in [4.69, 9.17) is 13.9 Å². The molecule has 3 heterocycles. The van der Waals surface area contributed by atoms with Crippen LogP contribution in [0.3, 0.4) is 0 Å². The number of carbonyl (C=O) groups excluding carboxylic acids is 1. The SMILES string of the molecule is COc1ccc(CN2CCc3nnc([C@H](CC(C)C)NC(=O)c4ccco4)n3CC2)cc1OC. The summed E-state index contributed by atoms with van der Waals surface area (Å²) in [4.78, 5) is 15.1. The average molecular weight is 468 g/mol. The summed E-state index contributed by atoms with van der Waals surface area (Å²) in [6.07, 6.45) is 3.06. The van der Waals surface area contributed by atoms with Gasteiger partial charge in [0.2, 0.25) is 0 Å². The van der Waals surface area contributed by atoms with Gasteiger partial charge in [-0.15, -0.1) is 10.2 Å². The van der Waals surface area contributed by atoms with Crippen molar-refractivity contribution < 1.29 is 18.7 Å². The topological polar surface area (TPSA) is 94.6 Å². The third-order valence-electron chi connectivity index (χ3n) is 6.07. The van der Waals surface area contributed by atoms with Crippen LogP contribution in [-0.2, 0) is 19.5 Å². The first-order chi connectivity index (χ1) is 16.5. The van der Waals surface area contributed by atoms with E-state index >= 15 is 0 Å². The molecule has 0 bridgehead atoms. The number of amides is 1. The molecule has 1 atom stereocenters. The molecular weight excluding hydrogens is 434 g/mol. The zero-order chi connectivity index (χ0) is 24.1. The average Bonchev–Trinajstić information content (AvgIpc) is 3.46. The number of hydrogen-bond donors (Lipinski definition) is 1. The number of aromatic nitrogens is 3. The summed E-state index contributed by atoms with van der Waals surface area (Å²) < 4.78 is 18.3. The molecule has 0 aliphatic carbocycles. The van der Waals surface area contributed by atoms with Gasteiger partial charge < -0.3 is 23.8 Å². The number of hydrogen-bond acceptors (Lipinski definition) is 7. The predicted octanol–water partition coefficient (Wildman–Crippen LogP) is 3.46. The van der Waals surface area contributed by atoms with Gasteiger partial charge in [0.1, 0.15) is 5.82 Å². The molecule has 1 amide bonds. The summed E-state index contributed by atoms with van der Waals surface area (Å²) in [5, 5.41) is 12.1. The highest BCUT2D eigenvalue weighted by Crippen LogP contribution is 2.28. The molecule has 182 valence electrons. The van der Waals surface area contributed by atoms with Gasteiger partial charge in [0.25, 0.3) is 5.91 Å². The molecule has 1 N–H and O–H groups in total. The Bertz CT molecular complexity index is 1090.